The van der Waals surface area contributed by atoms with Crippen LogP contribution in [0.2, 0.25) is 0 Å². The summed E-state index contributed by atoms with van der Waals surface area (Å²) in [5, 5.41) is 2.69. The van der Waals surface area contributed by atoms with Gasteiger partial charge in [-0.05, 0) is 34.1 Å². The summed E-state index contributed by atoms with van der Waals surface area (Å²) in [7, 11) is 0. The van der Waals surface area contributed by atoms with E-state index in [-0.39, 0.29) is 6.54 Å². The second kappa shape index (κ2) is 4.58. The molecular formula is C10H7BrF3N. The topological polar surface area (TPSA) is 12.0 Å². The summed E-state index contributed by atoms with van der Waals surface area (Å²) in [6.07, 6.45) is 0.660. The number of terminal acetylenes is 1. The maximum Gasteiger partial charge on any atom is 0.416 e. The third-order valence-electron chi connectivity index (χ3n) is 1.67. The third-order valence-corrected chi connectivity index (χ3v) is 2.37. The highest BCUT2D eigenvalue weighted by Crippen LogP contribution is 2.33. The van der Waals surface area contributed by atoms with Crippen molar-refractivity contribution in [1.82, 2.24) is 0 Å². The van der Waals surface area contributed by atoms with Gasteiger partial charge in [-0.25, -0.2) is 0 Å². The molecule has 0 aliphatic carbocycles. The van der Waals surface area contributed by atoms with Crippen LogP contribution in [-0.4, -0.2) is 6.54 Å². The van der Waals surface area contributed by atoms with Crippen LogP contribution in [0.4, 0.5) is 18.9 Å². The minimum atomic E-state index is -4.34. The van der Waals surface area contributed by atoms with Crippen LogP contribution in [0.25, 0.3) is 0 Å². The summed E-state index contributed by atoms with van der Waals surface area (Å²) in [4.78, 5) is 0. The zero-order valence-corrected chi connectivity index (χ0v) is 9.11. The van der Waals surface area contributed by atoms with Gasteiger partial charge < -0.3 is 5.32 Å². The SMILES string of the molecule is C#CCNc1cc(C(F)(F)F)ccc1Br. The van der Waals surface area contributed by atoms with Gasteiger partial charge in [0.15, 0.2) is 0 Å². The largest absolute Gasteiger partial charge is 0.416 e. The van der Waals surface area contributed by atoms with Gasteiger partial charge in [-0.15, -0.1) is 6.42 Å². The zero-order chi connectivity index (χ0) is 11.5. The Kier molecular flexibility index (Phi) is 3.64. The van der Waals surface area contributed by atoms with E-state index in [1.807, 2.05) is 0 Å². The molecule has 1 nitrogen and oxygen atoms in total. The first-order valence-electron chi connectivity index (χ1n) is 3.99. The van der Waals surface area contributed by atoms with E-state index in [9.17, 15) is 13.2 Å². The van der Waals surface area contributed by atoms with E-state index < -0.39 is 11.7 Å². The first-order chi connectivity index (χ1) is 6.95. The number of hydrogen-bond donors (Lipinski definition) is 1. The summed E-state index contributed by atoms with van der Waals surface area (Å²) in [6, 6.07) is 3.36. The van der Waals surface area contributed by atoms with E-state index >= 15 is 0 Å². The van der Waals surface area contributed by atoms with Crippen LogP contribution in [0.15, 0.2) is 22.7 Å². The molecular weight excluding hydrogens is 271 g/mol. The number of alkyl halides is 3. The van der Waals surface area contributed by atoms with Crippen LogP contribution in [0.3, 0.4) is 0 Å². The molecule has 15 heavy (non-hydrogen) atoms. The standard InChI is InChI=1S/C10H7BrF3N/c1-2-5-15-9-6-7(10(12,13)14)3-4-8(9)11/h1,3-4,6,15H,5H2. The molecule has 0 saturated heterocycles. The summed E-state index contributed by atoms with van der Waals surface area (Å²) < 4.78 is 37.6. The van der Waals surface area contributed by atoms with Crippen molar-refractivity contribution in [3.63, 3.8) is 0 Å². The number of nitrogens with one attached hydrogen (secondary N) is 1. The van der Waals surface area contributed by atoms with Gasteiger partial charge in [-0.3, -0.25) is 0 Å². The Morgan fingerprint density at radius 2 is 2.07 bits per heavy atom. The minimum absolute atomic E-state index is 0.180. The molecule has 0 unspecified atom stereocenters. The monoisotopic (exact) mass is 277 g/mol. The lowest BCUT2D eigenvalue weighted by Gasteiger charge is -2.10. The van der Waals surface area contributed by atoms with Crippen LogP contribution in [0.1, 0.15) is 5.56 Å². The number of hydrogen-bond acceptors (Lipinski definition) is 1. The molecule has 0 radical (unpaired) electrons. The molecule has 0 spiro atoms. The van der Waals surface area contributed by atoms with Crippen molar-refractivity contribution in [1.29, 1.82) is 0 Å². The Morgan fingerprint density at radius 1 is 1.40 bits per heavy atom. The molecule has 1 N–H and O–H groups in total. The fourth-order valence-electron chi connectivity index (χ4n) is 0.983. The first kappa shape index (κ1) is 11.9. The highest BCUT2D eigenvalue weighted by Gasteiger charge is 2.30. The van der Waals surface area contributed by atoms with Gasteiger partial charge >= 0.3 is 6.18 Å². The molecule has 0 aromatic heterocycles. The molecule has 0 aliphatic rings. The highest BCUT2D eigenvalue weighted by molar-refractivity contribution is 9.10. The van der Waals surface area contributed by atoms with Crippen LogP contribution >= 0.6 is 15.9 Å². The van der Waals surface area contributed by atoms with Gasteiger partial charge in [-0.1, -0.05) is 5.92 Å². The Bertz CT molecular complexity index is 393. The maximum absolute atomic E-state index is 12.3. The lowest BCUT2D eigenvalue weighted by molar-refractivity contribution is -0.137. The van der Waals surface area contributed by atoms with Gasteiger partial charge in [0, 0.05) is 10.2 Å². The quantitative estimate of drug-likeness (QED) is 0.816. The Labute approximate surface area is 93.8 Å². The lowest BCUT2D eigenvalue weighted by Crippen LogP contribution is -2.07. The van der Waals surface area contributed by atoms with E-state index in [0.29, 0.717) is 10.2 Å². The van der Waals surface area contributed by atoms with E-state index in [4.69, 9.17) is 6.42 Å². The second-order valence-corrected chi connectivity index (χ2v) is 3.60. The molecule has 1 rings (SSSR count). The number of benzene rings is 1. The van der Waals surface area contributed by atoms with Crippen LogP contribution in [0, 0.1) is 12.3 Å². The van der Waals surface area contributed by atoms with Gasteiger partial charge in [0.2, 0.25) is 0 Å². The summed E-state index contributed by atoms with van der Waals surface area (Å²) in [5.41, 5.74) is -0.368. The Hall–Kier alpha value is -1.15. The summed E-state index contributed by atoms with van der Waals surface area (Å²) in [6.45, 7) is 0.180. The molecule has 0 saturated carbocycles. The Balaban J connectivity index is 3.01. The molecule has 80 valence electrons. The maximum atomic E-state index is 12.3. The fourth-order valence-corrected chi connectivity index (χ4v) is 1.37. The molecule has 0 aliphatic heterocycles. The van der Waals surface area contributed by atoms with E-state index in [2.05, 4.69) is 27.2 Å². The lowest BCUT2D eigenvalue weighted by atomic mass is 10.2. The molecule has 5 heteroatoms. The molecule has 0 amide bonds. The summed E-state index contributed by atoms with van der Waals surface area (Å²) in [5.74, 6) is 2.29. The van der Waals surface area contributed by atoms with Crippen molar-refractivity contribution in [2.75, 3.05) is 11.9 Å². The smallest absolute Gasteiger partial charge is 0.373 e. The average molecular weight is 278 g/mol. The number of halogens is 4. The van der Waals surface area contributed by atoms with Crippen LogP contribution in [-0.2, 0) is 6.18 Å². The van der Waals surface area contributed by atoms with Gasteiger partial charge in [0.25, 0.3) is 0 Å². The average Bonchev–Trinajstić information content (AvgIpc) is 2.15. The third kappa shape index (κ3) is 3.17. The summed E-state index contributed by atoms with van der Waals surface area (Å²) >= 11 is 3.13. The second-order valence-electron chi connectivity index (χ2n) is 2.75. The fraction of sp³-hybridized carbons (Fsp3) is 0.200. The Morgan fingerprint density at radius 3 is 2.60 bits per heavy atom. The van der Waals surface area contributed by atoms with Crippen molar-refractivity contribution in [2.24, 2.45) is 0 Å². The van der Waals surface area contributed by atoms with Crippen molar-refractivity contribution >= 4 is 21.6 Å². The highest BCUT2D eigenvalue weighted by atomic mass is 79.9. The van der Waals surface area contributed by atoms with Gasteiger partial charge in [0.1, 0.15) is 0 Å². The van der Waals surface area contributed by atoms with Gasteiger partial charge in [-0.2, -0.15) is 13.2 Å². The van der Waals surface area contributed by atoms with Crippen molar-refractivity contribution in [3.8, 4) is 12.3 Å². The molecule has 0 fully saturated rings. The van der Waals surface area contributed by atoms with E-state index in [0.717, 1.165) is 12.1 Å². The minimum Gasteiger partial charge on any atom is -0.373 e. The van der Waals surface area contributed by atoms with Crippen molar-refractivity contribution < 1.29 is 13.2 Å². The molecule has 1 aromatic carbocycles. The van der Waals surface area contributed by atoms with Crippen molar-refractivity contribution in [3.05, 3.63) is 28.2 Å². The molecule has 0 bridgehead atoms. The number of rotatable bonds is 2. The van der Waals surface area contributed by atoms with Crippen molar-refractivity contribution in [2.45, 2.75) is 6.18 Å². The number of anilines is 1. The van der Waals surface area contributed by atoms with E-state index in [1.165, 1.54) is 6.07 Å². The van der Waals surface area contributed by atoms with Crippen LogP contribution in [0.5, 0.6) is 0 Å². The predicted molar refractivity (Wildman–Crippen MR) is 56.5 cm³/mol. The zero-order valence-electron chi connectivity index (χ0n) is 7.53. The predicted octanol–water partition coefficient (Wildman–Crippen LogP) is 3.51. The molecule has 0 heterocycles. The normalized spacial score (nSPS) is 10.9. The molecule has 1 aromatic rings. The first-order valence-corrected chi connectivity index (χ1v) is 4.78. The van der Waals surface area contributed by atoms with Gasteiger partial charge in [0.05, 0.1) is 12.1 Å². The van der Waals surface area contributed by atoms with E-state index in [1.54, 1.807) is 0 Å². The van der Waals surface area contributed by atoms with Crippen LogP contribution < -0.4 is 5.32 Å². The molecule has 0 atom stereocenters.